The van der Waals surface area contributed by atoms with Crippen molar-refractivity contribution < 1.29 is 4.79 Å². The maximum Gasteiger partial charge on any atom is 0.246 e. The number of hydrogen-bond donors (Lipinski definition) is 1. The fourth-order valence-electron chi connectivity index (χ4n) is 4.44. The van der Waals surface area contributed by atoms with Gasteiger partial charge in [0, 0.05) is 17.6 Å². The number of anilines is 1. The van der Waals surface area contributed by atoms with Gasteiger partial charge >= 0.3 is 0 Å². The largest absolute Gasteiger partial charge is 0.320 e. The monoisotopic (exact) mass is 414 g/mol. The number of carbonyl (C=O) groups is 1. The van der Waals surface area contributed by atoms with Gasteiger partial charge < -0.3 is 5.32 Å². The molecule has 1 saturated carbocycles. The van der Waals surface area contributed by atoms with E-state index in [0.29, 0.717) is 6.04 Å². The third-order valence-electron chi connectivity index (χ3n) is 6.16. The third kappa shape index (κ3) is 5.89. The second-order valence-corrected chi connectivity index (χ2v) is 8.74. The molecule has 0 aromatic carbocycles. The molecular weight excluding hydrogens is 380 g/mol. The second-order valence-electron chi connectivity index (χ2n) is 7.86. The highest BCUT2D eigenvalue weighted by molar-refractivity contribution is 7.13. The summed E-state index contributed by atoms with van der Waals surface area (Å²) in [6.45, 7) is 5.27. The summed E-state index contributed by atoms with van der Waals surface area (Å²) in [7, 11) is 2.02. The molecule has 5 nitrogen and oxygen atoms in total. The van der Waals surface area contributed by atoms with Gasteiger partial charge in [-0.2, -0.15) is 0 Å². The first-order valence-corrected chi connectivity index (χ1v) is 11.2. The molecule has 2 fully saturated rings. The summed E-state index contributed by atoms with van der Waals surface area (Å²) in [5.41, 5.74) is 0. The number of hydrogen-bond acceptors (Lipinski definition) is 5. The van der Waals surface area contributed by atoms with Crippen LogP contribution in [-0.2, 0) is 4.79 Å². The van der Waals surface area contributed by atoms with Crippen LogP contribution in [0.3, 0.4) is 0 Å². The summed E-state index contributed by atoms with van der Waals surface area (Å²) in [6.07, 6.45) is 11.5. The zero-order valence-electron chi connectivity index (χ0n) is 16.7. The highest BCUT2D eigenvalue weighted by Crippen LogP contribution is 2.30. The van der Waals surface area contributed by atoms with E-state index in [-0.39, 0.29) is 24.4 Å². The van der Waals surface area contributed by atoms with Crippen molar-refractivity contribution in [3.8, 4) is 0 Å². The van der Waals surface area contributed by atoms with Gasteiger partial charge in [0.2, 0.25) is 5.91 Å². The number of carbonyl (C=O) groups excluding carboxylic acids is 1. The first-order chi connectivity index (χ1) is 12.7. The first-order valence-electron chi connectivity index (χ1n) is 10.3. The zero-order chi connectivity index (χ0) is 18.4. The molecule has 0 bridgehead atoms. The highest BCUT2D eigenvalue weighted by atomic mass is 35.5. The number of thiazole rings is 1. The minimum absolute atomic E-state index is 0. The molecule has 27 heavy (non-hydrogen) atoms. The van der Waals surface area contributed by atoms with Crippen LogP contribution in [0.2, 0.25) is 0 Å². The number of nitrogens with zero attached hydrogens (tertiary/aromatic N) is 3. The predicted octanol–water partition coefficient (Wildman–Crippen LogP) is 3.94. The van der Waals surface area contributed by atoms with E-state index in [1.807, 2.05) is 23.5 Å². The Bertz CT molecular complexity index is 542. The Balaban J connectivity index is 0.00000261. The van der Waals surface area contributed by atoms with Gasteiger partial charge in [-0.05, 0) is 71.6 Å². The standard InChI is InChI=1S/C20H34N4OS.ClH/c1-16(23-13-9-17(10-14-23)8-11-21-2)19(25)24(20-22-12-15-26-20)18-6-4-3-5-7-18;/h12,15-18,21H,3-11,13-14H2,1-2H3;1H. The lowest BCUT2D eigenvalue weighted by atomic mass is 9.92. The van der Waals surface area contributed by atoms with Gasteiger partial charge in [0.1, 0.15) is 0 Å². The molecule has 154 valence electrons. The SMILES string of the molecule is CNCCC1CCN(C(C)C(=O)N(c2nccs2)C2CCCCC2)CC1.Cl. The molecule has 1 aliphatic carbocycles. The number of likely N-dealkylation sites (tertiary alicyclic amines) is 1. The van der Waals surface area contributed by atoms with Crippen LogP contribution in [0.15, 0.2) is 11.6 Å². The number of halogens is 1. The molecule has 1 aromatic rings. The van der Waals surface area contributed by atoms with Crippen LogP contribution < -0.4 is 10.2 Å². The number of rotatable bonds is 7. The van der Waals surface area contributed by atoms with E-state index >= 15 is 0 Å². The second kappa shape index (κ2) is 11.3. The van der Waals surface area contributed by atoms with E-state index in [4.69, 9.17) is 0 Å². The van der Waals surface area contributed by atoms with Gasteiger partial charge in [-0.25, -0.2) is 4.98 Å². The van der Waals surface area contributed by atoms with Gasteiger partial charge in [-0.15, -0.1) is 23.7 Å². The van der Waals surface area contributed by atoms with E-state index in [0.717, 1.165) is 43.5 Å². The molecule has 7 heteroatoms. The minimum atomic E-state index is -0.0499. The normalized spacial score (nSPS) is 20.8. The van der Waals surface area contributed by atoms with E-state index in [1.165, 1.54) is 38.5 Å². The Morgan fingerprint density at radius 1 is 1.30 bits per heavy atom. The van der Waals surface area contributed by atoms with E-state index < -0.39 is 0 Å². The molecule has 0 radical (unpaired) electrons. The molecule has 0 spiro atoms. The Kier molecular flexibility index (Phi) is 9.50. The van der Waals surface area contributed by atoms with Crippen LogP contribution in [0.1, 0.15) is 58.3 Å². The Morgan fingerprint density at radius 3 is 2.59 bits per heavy atom. The van der Waals surface area contributed by atoms with Crippen LogP contribution >= 0.6 is 23.7 Å². The summed E-state index contributed by atoms with van der Waals surface area (Å²) in [4.78, 5) is 22.4. The van der Waals surface area contributed by atoms with Crippen molar-refractivity contribution in [2.24, 2.45) is 5.92 Å². The summed E-state index contributed by atoms with van der Waals surface area (Å²) in [5, 5.41) is 6.12. The summed E-state index contributed by atoms with van der Waals surface area (Å²) in [6, 6.07) is 0.282. The quantitative estimate of drug-likeness (QED) is 0.734. The fourth-order valence-corrected chi connectivity index (χ4v) is 5.16. The maximum atomic E-state index is 13.4. The van der Waals surface area contributed by atoms with Crippen molar-refractivity contribution in [1.82, 2.24) is 15.2 Å². The van der Waals surface area contributed by atoms with Crippen LogP contribution in [0.4, 0.5) is 5.13 Å². The van der Waals surface area contributed by atoms with Gasteiger partial charge in [-0.1, -0.05) is 19.3 Å². The topological polar surface area (TPSA) is 48.5 Å². The van der Waals surface area contributed by atoms with Crippen LogP contribution in [0.5, 0.6) is 0 Å². The van der Waals surface area contributed by atoms with E-state index in [9.17, 15) is 4.79 Å². The summed E-state index contributed by atoms with van der Waals surface area (Å²) < 4.78 is 0. The van der Waals surface area contributed by atoms with Gasteiger partial charge in [0.25, 0.3) is 0 Å². The molecule has 2 aliphatic rings. The summed E-state index contributed by atoms with van der Waals surface area (Å²) in [5.74, 6) is 1.05. The van der Waals surface area contributed by atoms with Crippen molar-refractivity contribution in [1.29, 1.82) is 0 Å². The number of piperidine rings is 1. The maximum absolute atomic E-state index is 13.4. The van der Waals surface area contributed by atoms with E-state index in [2.05, 4.69) is 22.1 Å². The van der Waals surface area contributed by atoms with E-state index in [1.54, 1.807) is 11.3 Å². The first kappa shape index (κ1) is 22.6. The van der Waals surface area contributed by atoms with Crippen LogP contribution in [0, 0.1) is 5.92 Å². The smallest absolute Gasteiger partial charge is 0.246 e. The minimum Gasteiger partial charge on any atom is -0.320 e. The molecular formula is C20H35ClN4OS. The average Bonchev–Trinajstić information content (AvgIpc) is 3.21. The molecule has 1 aliphatic heterocycles. The van der Waals surface area contributed by atoms with Gasteiger partial charge in [-0.3, -0.25) is 14.6 Å². The average molecular weight is 415 g/mol. The predicted molar refractivity (Wildman–Crippen MR) is 116 cm³/mol. The lowest BCUT2D eigenvalue weighted by Crippen LogP contribution is -2.53. The van der Waals surface area contributed by atoms with Crippen molar-refractivity contribution in [2.45, 2.75) is 70.4 Å². The molecule has 1 aromatic heterocycles. The van der Waals surface area contributed by atoms with Crippen molar-refractivity contribution in [3.63, 3.8) is 0 Å². The van der Waals surface area contributed by atoms with Gasteiger partial charge in [0.15, 0.2) is 5.13 Å². The van der Waals surface area contributed by atoms with Crippen molar-refractivity contribution in [3.05, 3.63) is 11.6 Å². The molecule has 1 N–H and O–H groups in total. The number of nitrogens with one attached hydrogen (secondary N) is 1. The lowest BCUT2D eigenvalue weighted by molar-refractivity contribution is -0.124. The Morgan fingerprint density at radius 2 is 2.00 bits per heavy atom. The fraction of sp³-hybridized carbons (Fsp3) is 0.800. The highest BCUT2D eigenvalue weighted by Gasteiger charge is 2.34. The van der Waals surface area contributed by atoms with Gasteiger partial charge in [0.05, 0.1) is 6.04 Å². The lowest BCUT2D eigenvalue weighted by Gasteiger charge is -2.39. The van der Waals surface area contributed by atoms with Crippen molar-refractivity contribution >= 4 is 34.8 Å². The van der Waals surface area contributed by atoms with Crippen LogP contribution in [0.25, 0.3) is 0 Å². The molecule has 2 heterocycles. The third-order valence-corrected chi connectivity index (χ3v) is 6.93. The molecule has 1 atom stereocenters. The Labute approximate surface area is 174 Å². The number of aromatic nitrogens is 1. The molecule has 3 rings (SSSR count). The molecule has 1 unspecified atom stereocenters. The van der Waals surface area contributed by atoms with Crippen LogP contribution in [-0.4, -0.2) is 54.6 Å². The van der Waals surface area contributed by atoms with Crippen molar-refractivity contribution in [2.75, 3.05) is 31.6 Å². The Hall–Kier alpha value is -0.690. The molecule has 1 saturated heterocycles. The summed E-state index contributed by atoms with van der Waals surface area (Å²) >= 11 is 1.60. The molecule has 1 amide bonds. The zero-order valence-corrected chi connectivity index (χ0v) is 18.4. The number of amides is 1.